The van der Waals surface area contributed by atoms with E-state index in [2.05, 4.69) is 17.4 Å². The van der Waals surface area contributed by atoms with Gasteiger partial charge in [0.15, 0.2) is 0 Å². The third-order valence-corrected chi connectivity index (χ3v) is 7.31. The maximum absolute atomic E-state index is 12.6. The number of nitrogens with one attached hydrogen (secondary N) is 1. The van der Waals surface area contributed by atoms with Gasteiger partial charge in [-0.1, -0.05) is 36.4 Å². The van der Waals surface area contributed by atoms with Gasteiger partial charge in [0.2, 0.25) is 5.91 Å². The number of aromatic nitrogens is 1. The lowest BCUT2D eigenvalue weighted by Crippen LogP contribution is -2.44. The smallest absolute Gasteiger partial charge is 0.326 e. The van der Waals surface area contributed by atoms with Gasteiger partial charge in [0.1, 0.15) is 6.04 Å². The second kappa shape index (κ2) is 12.3. The lowest BCUT2D eigenvalue weighted by molar-refractivity contribution is -0.143. The normalized spacial score (nSPS) is 20.8. The molecule has 7 heteroatoms. The number of fused-ring (bicyclic) bond motifs is 1. The summed E-state index contributed by atoms with van der Waals surface area (Å²) >= 11 is 0. The van der Waals surface area contributed by atoms with Gasteiger partial charge >= 0.3 is 5.97 Å². The Balaban J connectivity index is 1.15. The zero-order chi connectivity index (χ0) is 24.6. The van der Waals surface area contributed by atoms with Crippen molar-refractivity contribution >= 4 is 11.9 Å². The Bertz CT molecular complexity index is 990. The minimum absolute atomic E-state index is 0.149. The molecular weight excluding hydrogens is 444 g/mol. The maximum Gasteiger partial charge on any atom is 0.326 e. The van der Waals surface area contributed by atoms with E-state index >= 15 is 0 Å². The molecular formula is C28H36N2O5. The molecule has 3 N–H and O–H groups in total. The van der Waals surface area contributed by atoms with Gasteiger partial charge < -0.3 is 20.3 Å². The van der Waals surface area contributed by atoms with Gasteiger partial charge in [-0.3, -0.25) is 9.78 Å². The number of benzene rings is 1. The van der Waals surface area contributed by atoms with E-state index in [1.807, 2.05) is 6.07 Å². The molecule has 1 unspecified atom stereocenters. The molecule has 35 heavy (non-hydrogen) atoms. The zero-order valence-corrected chi connectivity index (χ0v) is 20.2. The van der Waals surface area contributed by atoms with E-state index in [0.717, 1.165) is 38.5 Å². The molecule has 4 rings (SSSR count). The van der Waals surface area contributed by atoms with Gasteiger partial charge in [0, 0.05) is 24.4 Å². The molecule has 7 nitrogen and oxygen atoms in total. The van der Waals surface area contributed by atoms with Crippen molar-refractivity contribution in [1.82, 2.24) is 10.3 Å². The summed E-state index contributed by atoms with van der Waals surface area (Å²) in [4.78, 5) is 29.1. The number of amides is 1. The van der Waals surface area contributed by atoms with Crippen LogP contribution in [-0.4, -0.2) is 52.4 Å². The highest BCUT2D eigenvalue weighted by Crippen LogP contribution is 2.34. The Morgan fingerprint density at radius 1 is 1.09 bits per heavy atom. The third kappa shape index (κ3) is 6.89. The molecule has 2 aliphatic carbocycles. The van der Waals surface area contributed by atoms with E-state index in [0.29, 0.717) is 11.5 Å². The number of pyridine rings is 1. The maximum atomic E-state index is 12.6. The van der Waals surface area contributed by atoms with Crippen molar-refractivity contribution in [1.29, 1.82) is 0 Å². The Morgan fingerprint density at radius 3 is 2.60 bits per heavy atom. The van der Waals surface area contributed by atoms with Crippen molar-refractivity contribution in [3.8, 4) is 0 Å². The zero-order valence-electron chi connectivity index (χ0n) is 20.2. The first-order valence-corrected chi connectivity index (χ1v) is 12.8. The predicted octanol–water partition coefficient (Wildman–Crippen LogP) is 3.42. The lowest BCUT2D eigenvalue weighted by atomic mass is 9.79. The number of carbonyl (C=O) groups excluding carboxylic acids is 1. The highest BCUT2D eigenvalue weighted by atomic mass is 16.5. The van der Waals surface area contributed by atoms with Crippen LogP contribution in [0, 0.1) is 5.92 Å². The first-order chi connectivity index (χ1) is 17.0. The molecule has 0 saturated heterocycles. The number of nitrogens with zero attached hydrogens (tertiary/aromatic N) is 1. The minimum atomic E-state index is -1.10. The van der Waals surface area contributed by atoms with Crippen LogP contribution in [-0.2, 0) is 33.6 Å². The molecule has 0 spiro atoms. The number of aryl methyl sites for hydroxylation is 3. The molecule has 1 aromatic heterocycles. The summed E-state index contributed by atoms with van der Waals surface area (Å²) in [5.74, 6) is -1.78. The number of hydrogen-bond donors (Lipinski definition) is 3. The summed E-state index contributed by atoms with van der Waals surface area (Å²) in [5, 5.41) is 21.7. The summed E-state index contributed by atoms with van der Waals surface area (Å²) in [6.07, 6.45) is 9.17. The van der Waals surface area contributed by atoms with Gasteiger partial charge in [-0.05, 0) is 74.5 Å². The average Bonchev–Trinajstić information content (AvgIpc) is 2.85. The van der Waals surface area contributed by atoms with E-state index in [1.54, 1.807) is 24.3 Å². The number of carboxylic acids is 1. The number of carboxylic acid groups (broad SMARTS) is 1. The van der Waals surface area contributed by atoms with Crippen molar-refractivity contribution in [2.24, 2.45) is 5.92 Å². The van der Waals surface area contributed by atoms with Crippen molar-refractivity contribution in [3.63, 3.8) is 0 Å². The quantitative estimate of drug-likeness (QED) is 0.430. The van der Waals surface area contributed by atoms with Crippen molar-refractivity contribution in [2.45, 2.75) is 75.9 Å². The van der Waals surface area contributed by atoms with Gasteiger partial charge in [0.25, 0.3) is 0 Å². The van der Waals surface area contributed by atoms with Gasteiger partial charge in [-0.15, -0.1) is 0 Å². The second-order valence-corrected chi connectivity index (χ2v) is 9.82. The molecule has 1 aromatic carbocycles. The minimum Gasteiger partial charge on any atom is -0.480 e. The van der Waals surface area contributed by atoms with Crippen LogP contribution in [0.1, 0.15) is 67.0 Å². The lowest BCUT2D eigenvalue weighted by Gasteiger charge is -2.35. The SMILES string of the molecule is O=C(O)C(CCOC1CC(CCc2ccc3c(n2)CCCC3)C1)NC(=O)[C@H](CO)c1ccccc1. The first kappa shape index (κ1) is 25.3. The van der Waals surface area contributed by atoms with Crippen LogP contribution in [0.15, 0.2) is 42.5 Å². The standard InChI is InChI=1S/C28H36N2O5/c31-18-24(20-6-2-1-3-7-20)27(32)30-26(28(33)34)14-15-35-23-16-19(17-23)10-12-22-13-11-21-8-4-5-9-25(21)29-22/h1-3,6-7,11,13,19,23-24,26,31H,4-5,8-10,12,14-18H2,(H,30,32)(H,33,34)/t19?,23?,24-,26?/m1/s1. The van der Waals surface area contributed by atoms with Crippen LogP contribution >= 0.6 is 0 Å². The summed E-state index contributed by atoms with van der Waals surface area (Å²) in [6.45, 7) is -0.112. The van der Waals surface area contributed by atoms with Crippen LogP contribution in [0.2, 0.25) is 0 Å². The highest BCUT2D eigenvalue weighted by molar-refractivity contribution is 5.88. The number of rotatable bonds is 12. The molecule has 1 heterocycles. The molecule has 0 aliphatic heterocycles. The van der Waals surface area contributed by atoms with E-state index < -0.39 is 23.8 Å². The average molecular weight is 481 g/mol. The molecule has 2 aliphatic rings. The molecule has 0 bridgehead atoms. The van der Waals surface area contributed by atoms with E-state index in [9.17, 15) is 19.8 Å². The van der Waals surface area contributed by atoms with Crippen LogP contribution < -0.4 is 5.32 Å². The Hall–Kier alpha value is -2.77. The fraction of sp³-hybridized carbons (Fsp3) is 0.536. The molecule has 188 valence electrons. The number of hydrogen-bond acceptors (Lipinski definition) is 5. The van der Waals surface area contributed by atoms with Crippen LogP contribution in [0.4, 0.5) is 0 Å². The number of aliphatic hydroxyl groups is 1. The third-order valence-electron chi connectivity index (χ3n) is 7.31. The van der Waals surface area contributed by atoms with Crippen molar-refractivity contribution < 1.29 is 24.5 Å². The number of ether oxygens (including phenoxy) is 1. The summed E-state index contributed by atoms with van der Waals surface area (Å²) < 4.78 is 5.89. The van der Waals surface area contributed by atoms with E-state index in [-0.39, 0.29) is 25.7 Å². The van der Waals surface area contributed by atoms with Crippen LogP contribution in [0.3, 0.4) is 0 Å². The fourth-order valence-corrected chi connectivity index (χ4v) is 5.07. The fourth-order valence-electron chi connectivity index (χ4n) is 5.07. The number of aliphatic carboxylic acids is 1. The first-order valence-electron chi connectivity index (χ1n) is 12.8. The Kier molecular flexibility index (Phi) is 8.88. The number of aliphatic hydroxyl groups excluding tert-OH is 1. The van der Waals surface area contributed by atoms with Crippen molar-refractivity contribution in [3.05, 3.63) is 65.0 Å². The van der Waals surface area contributed by atoms with Crippen LogP contribution in [0.25, 0.3) is 0 Å². The topological polar surface area (TPSA) is 109 Å². The van der Waals surface area contributed by atoms with Gasteiger partial charge in [0.05, 0.1) is 18.6 Å². The monoisotopic (exact) mass is 480 g/mol. The second-order valence-electron chi connectivity index (χ2n) is 9.82. The largest absolute Gasteiger partial charge is 0.480 e. The van der Waals surface area contributed by atoms with E-state index in [1.165, 1.54) is 29.8 Å². The highest BCUT2D eigenvalue weighted by Gasteiger charge is 2.31. The molecule has 2 aromatic rings. The molecule has 1 saturated carbocycles. The predicted molar refractivity (Wildman–Crippen MR) is 132 cm³/mol. The molecule has 2 atom stereocenters. The van der Waals surface area contributed by atoms with Gasteiger partial charge in [-0.2, -0.15) is 0 Å². The Morgan fingerprint density at radius 2 is 1.86 bits per heavy atom. The summed E-state index contributed by atoms with van der Waals surface area (Å²) in [6, 6.07) is 12.3. The van der Waals surface area contributed by atoms with Crippen molar-refractivity contribution in [2.75, 3.05) is 13.2 Å². The number of carbonyl (C=O) groups is 2. The van der Waals surface area contributed by atoms with Crippen LogP contribution in [0.5, 0.6) is 0 Å². The molecule has 1 fully saturated rings. The Labute approximate surface area is 206 Å². The summed E-state index contributed by atoms with van der Waals surface area (Å²) in [7, 11) is 0. The summed E-state index contributed by atoms with van der Waals surface area (Å²) in [5.41, 5.74) is 4.54. The van der Waals surface area contributed by atoms with Gasteiger partial charge in [-0.25, -0.2) is 4.79 Å². The molecule has 0 radical (unpaired) electrons. The molecule has 1 amide bonds. The van der Waals surface area contributed by atoms with E-state index in [4.69, 9.17) is 9.72 Å².